The summed E-state index contributed by atoms with van der Waals surface area (Å²) in [6.07, 6.45) is 9.33. The Morgan fingerprint density at radius 1 is 1.31 bits per heavy atom. The van der Waals surface area contributed by atoms with Crippen molar-refractivity contribution < 1.29 is 0 Å². The fraction of sp³-hybridized carbons (Fsp3) is 0.500. The molecule has 0 amide bonds. The number of pyridine rings is 1. The van der Waals surface area contributed by atoms with Crippen molar-refractivity contribution >= 4 is 0 Å². The first-order valence-corrected chi connectivity index (χ1v) is 6.28. The Kier molecular flexibility index (Phi) is 2.75. The molecule has 2 heterocycles. The average Bonchev–Trinajstić information content (AvgIpc) is 2.39. The van der Waals surface area contributed by atoms with Gasteiger partial charge in [0.1, 0.15) is 0 Å². The van der Waals surface area contributed by atoms with E-state index >= 15 is 0 Å². The maximum Gasteiger partial charge on any atom is 0.0506 e. The second kappa shape index (κ2) is 4.38. The van der Waals surface area contributed by atoms with Crippen LogP contribution < -0.4 is 5.32 Å². The summed E-state index contributed by atoms with van der Waals surface area (Å²) in [6.45, 7) is 2.17. The Labute approximate surface area is 96.8 Å². The number of aryl methyl sites for hydroxylation is 1. The highest BCUT2D eigenvalue weighted by molar-refractivity contribution is 5.33. The fourth-order valence-electron chi connectivity index (χ4n) is 2.93. The van der Waals surface area contributed by atoms with Gasteiger partial charge in [-0.2, -0.15) is 0 Å². The van der Waals surface area contributed by atoms with Crippen LogP contribution in [0, 0.1) is 0 Å². The summed E-state index contributed by atoms with van der Waals surface area (Å²) >= 11 is 0. The molecule has 84 valence electrons. The molecule has 2 nitrogen and oxygen atoms in total. The highest BCUT2D eigenvalue weighted by Gasteiger charge is 2.24. The van der Waals surface area contributed by atoms with Gasteiger partial charge in [-0.3, -0.25) is 4.98 Å². The van der Waals surface area contributed by atoms with Gasteiger partial charge < -0.3 is 5.32 Å². The molecule has 2 heteroatoms. The normalized spacial score (nSPS) is 24.8. The van der Waals surface area contributed by atoms with E-state index in [1.165, 1.54) is 36.9 Å². The van der Waals surface area contributed by atoms with Crippen molar-refractivity contribution in [3.63, 3.8) is 0 Å². The van der Waals surface area contributed by atoms with Crippen molar-refractivity contribution in [3.8, 4) is 0 Å². The van der Waals surface area contributed by atoms with Gasteiger partial charge in [-0.1, -0.05) is 17.7 Å². The van der Waals surface area contributed by atoms with Crippen LogP contribution in [0.4, 0.5) is 0 Å². The van der Waals surface area contributed by atoms with Crippen LogP contribution in [0.25, 0.3) is 0 Å². The van der Waals surface area contributed by atoms with Gasteiger partial charge in [0.25, 0.3) is 0 Å². The van der Waals surface area contributed by atoms with Crippen LogP contribution in [0.15, 0.2) is 30.0 Å². The molecule has 1 aliphatic carbocycles. The van der Waals surface area contributed by atoms with E-state index in [4.69, 9.17) is 0 Å². The number of nitrogens with zero attached hydrogens (tertiary/aromatic N) is 1. The van der Waals surface area contributed by atoms with Gasteiger partial charge in [0, 0.05) is 18.7 Å². The summed E-state index contributed by atoms with van der Waals surface area (Å²) in [4.78, 5) is 4.61. The second-order valence-electron chi connectivity index (χ2n) is 4.73. The summed E-state index contributed by atoms with van der Waals surface area (Å²) in [6, 6.07) is 4.31. The number of hydrogen-bond acceptors (Lipinski definition) is 2. The summed E-state index contributed by atoms with van der Waals surface area (Å²) in [5.41, 5.74) is 4.43. The van der Waals surface area contributed by atoms with Crippen molar-refractivity contribution in [3.05, 3.63) is 41.2 Å². The first kappa shape index (κ1) is 10.0. The number of rotatable bonds is 1. The lowest BCUT2D eigenvalue weighted by atomic mass is 9.80. The minimum Gasteiger partial charge on any atom is -0.313 e. The molecule has 0 saturated heterocycles. The van der Waals surface area contributed by atoms with Crippen molar-refractivity contribution in [1.82, 2.24) is 10.3 Å². The number of nitrogens with one attached hydrogen (secondary N) is 1. The van der Waals surface area contributed by atoms with Gasteiger partial charge in [0.05, 0.1) is 5.69 Å². The highest BCUT2D eigenvalue weighted by Crippen LogP contribution is 2.36. The van der Waals surface area contributed by atoms with E-state index in [0.29, 0.717) is 5.92 Å². The van der Waals surface area contributed by atoms with Crippen LogP contribution in [0.5, 0.6) is 0 Å². The monoisotopic (exact) mass is 214 g/mol. The molecular weight excluding hydrogens is 196 g/mol. The van der Waals surface area contributed by atoms with E-state index < -0.39 is 0 Å². The topological polar surface area (TPSA) is 24.9 Å². The molecule has 1 aromatic rings. The Hall–Kier alpha value is -1.15. The first-order chi connectivity index (χ1) is 7.95. The third-order valence-electron chi connectivity index (χ3n) is 3.74. The van der Waals surface area contributed by atoms with Gasteiger partial charge in [-0.15, -0.1) is 0 Å². The molecule has 1 atom stereocenters. The molecule has 16 heavy (non-hydrogen) atoms. The molecule has 3 rings (SSSR count). The van der Waals surface area contributed by atoms with Gasteiger partial charge in [0.15, 0.2) is 0 Å². The highest BCUT2D eigenvalue weighted by atomic mass is 14.9. The Morgan fingerprint density at radius 3 is 3.19 bits per heavy atom. The number of aromatic nitrogens is 1. The quantitative estimate of drug-likeness (QED) is 0.726. The van der Waals surface area contributed by atoms with Crippen LogP contribution in [-0.2, 0) is 6.42 Å². The molecule has 0 fully saturated rings. The number of hydrogen-bond donors (Lipinski definition) is 1. The van der Waals surface area contributed by atoms with E-state index in [-0.39, 0.29) is 0 Å². The van der Waals surface area contributed by atoms with E-state index in [1.54, 1.807) is 5.57 Å². The lowest BCUT2D eigenvalue weighted by molar-refractivity contribution is 0.554. The zero-order valence-electron chi connectivity index (χ0n) is 9.58. The van der Waals surface area contributed by atoms with E-state index in [0.717, 1.165) is 13.1 Å². The maximum atomic E-state index is 4.61. The molecule has 1 aromatic heterocycles. The minimum absolute atomic E-state index is 0.604. The van der Waals surface area contributed by atoms with E-state index in [1.807, 2.05) is 6.20 Å². The molecule has 2 aliphatic rings. The third kappa shape index (κ3) is 1.78. The molecule has 1 aliphatic heterocycles. The van der Waals surface area contributed by atoms with Crippen LogP contribution in [0.1, 0.15) is 36.4 Å². The molecule has 0 bridgehead atoms. The summed E-state index contributed by atoms with van der Waals surface area (Å²) in [5.74, 6) is 0.604. The van der Waals surface area contributed by atoms with Crippen LogP contribution >= 0.6 is 0 Å². The molecule has 0 saturated carbocycles. The van der Waals surface area contributed by atoms with E-state index in [9.17, 15) is 0 Å². The van der Waals surface area contributed by atoms with Crippen LogP contribution in [0.2, 0.25) is 0 Å². The summed E-state index contributed by atoms with van der Waals surface area (Å²) in [7, 11) is 0. The van der Waals surface area contributed by atoms with Crippen molar-refractivity contribution in [2.24, 2.45) is 0 Å². The zero-order valence-corrected chi connectivity index (χ0v) is 9.58. The smallest absolute Gasteiger partial charge is 0.0506 e. The maximum absolute atomic E-state index is 4.61. The SMILES string of the molecule is C1=C(C2CCCc3cccnc32)CCNC1. The largest absolute Gasteiger partial charge is 0.313 e. The molecular formula is C14H18N2. The second-order valence-corrected chi connectivity index (χ2v) is 4.73. The fourth-order valence-corrected chi connectivity index (χ4v) is 2.93. The molecule has 0 radical (unpaired) electrons. The van der Waals surface area contributed by atoms with E-state index in [2.05, 4.69) is 28.5 Å². The third-order valence-corrected chi connectivity index (χ3v) is 3.74. The van der Waals surface area contributed by atoms with Gasteiger partial charge in [-0.05, 0) is 43.9 Å². The minimum atomic E-state index is 0.604. The van der Waals surface area contributed by atoms with Gasteiger partial charge in [-0.25, -0.2) is 0 Å². The predicted molar refractivity (Wildman–Crippen MR) is 65.5 cm³/mol. The predicted octanol–water partition coefficient (Wildman–Crippen LogP) is 2.42. The first-order valence-electron chi connectivity index (χ1n) is 6.28. The lowest BCUT2D eigenvalue weighted by Crippen LogP contribution is -2.24. The van der Waals surface area contributed by atoms with Gasteiger partial charge in [0.2, 0.25) is 0 Å². The number of fused-ring (bicyclic) bond motifs is 1. The average molecular weight is 214 g/mol. The molecule has 1 unspecified atom stereocenters. The standard InChI is InChI=1S/C14H18N2/c1-3-12-4-2-8-16-14(12)13(5-1)11-6-9-15-10-7-11/h2,4,6,8,13,15H,1,3,5,7,9-10H2. The van der Waals surface area contributed by atoms with Gasteiger partial charge >= 0.3 is 0 Å². The summed E-state index contributed by atoms with van der Waals surface area (Å²) < 4.78 is 0. The molecule has 0 aromatic carbocycles. The Morgan fingerprint density at radius 2 is 2.31 bits per heavy atom. The van der Waals surface area contributed by atoms with Crippen LogP contribution in [0.3, 0.4) is 0 Å². The van der Waals surface area contributed by atoms with Crippen molar-refractivity contribution in [1.29, 1.82) is 0 Å². The Balaban J connectivity index is 1.95. The molecule has 0 spiro atoms. The zero-order chi connectivity index (χ0) is 10.8. The van der Waals surface area contributed by atoms with Crippen molar-refractivity contribution in [2.45, 2.75) is 31.6 Å². The van der Waals surface area contributed by atoms with Crippen LogP contribution in [-0.4, -0.2) is 18.1 Å². The van der Waals surface area contributed by atoms with Crippen molar-refractivity contribution in [2.75, 3.05) is 13.1 Å². The molecule has 1 N–H and O–H groups in total. The summed E-state index contributed by atoms with van der Waals surface area (Å²) in [5, 5.41) is 3.38. The Bertz CT molecular complexity index is 409. The lowest BCUT2D eigenvalue weighted by Gasteiger charge is -2.28.